The third kappa shape index (κ3) is 4.76. The van der Waals surface area contributed by atoms with E-state index in [1.807, 2.05) is 26.8 Å². The summed E-state index contributed by atoms with van der Waals surface area (Å²) in [6, 6.07) is 6.40. The van der Waals surface area contributed by atoms with Gasteiger partial charge in [-0.25, -0.2) is 19.1 Å². The molecule has 10 heteroatoms. The van der Waals surface area contributed by atoms with Gasteiger partial charge in [-0.15, -0.1) is 0 Å². The zero-order chi connectivity index (χ0) is 23.7. The van der Waals surface area contributed by atoms with Gasteiger partial charge in [0.2, 0.25) is 5.88 Å². The lowest BCUT2D eigenvalue weighted by Gasteiger charge is -2.14. The van der Waals surface area contributed by atoms with Crippen LogP contribution in [0, 0.1) is 27.7 Å². The summed E-state index contributed by atoms with van der Waals surface area (Å²) in [7, 11) is 0. The van der Waals surface area contributed by atoms with E-state index in [1.54, 1.807) is 25.1 Å². The standard InChI is InChI=1S/C22H20Br2N4O4/c1-10-5-16(24)17(7-11(10)2)26-21(31)25-9-14-19(29)27-22(32)28(20(14)30)18-8-12(3)15(23)6-13(18)4/h5-9,30H,1-4H3,(H,26,31)(H,27,29,32). The van der Waals surface area contributed by atoms with Gasteiger partial charge in [0.15, 0.2) is 0 Å². The van der Waals surface area contributed by atoms with Gasteiger partial charge in [-0.05, 0) is 90.1 Å². The number of H-pyrrole nitrogens is 1. The fourth-order valence-electron chi connectivity index (χ4n) is 3.03. The van der Waals surface area contributed by atoms with Crippen molar-refractivity contribution in [1.29, 1.82) is 0 Å². The predicted octanol–water partition coefficient (Wildman–Crippen LogP) is 4.64. The monoisotopic (exact) mass is 562 g/mol. The lowest BCUT2D eigenvalue weighted by Crippen LogP contribution is -2.31. The number of urea groups is 1. The summed E-state index contributed by atoms with van der Waals surface area (Å²) in [4.78, 5) is 42.9. The highest BCUT2D eigenvalue weighted by Gasteiger charge is 2.17. The molecule has 0 aliphatic heterocycles. The van der Waals surface area contributed by atoms with E-state index in [1.165, 1.54) is 0 Å². The van der Waals surface area contributed by atoms with Crippen LogP contribution in [-0.2, 0) is 0 Å². The van der Waals surface area contributed by atoms with Crippen molar-refractivity contribution in [3.63, 3.8) is 0 Å². The third-order valence-corrected chi connectivity index (χ3v) is 6.49. The van der Waals surface area contributed by atoms with E-state index >= 15 is 0 Å². The Morgan fingerprint density at radius 2 is 1.62 bits per heavy atom. The quantitative estimate of drug-likeness (QED) is 0.402. The highest BCUT2D eigenvalue weighted by Crippen LogP contribution is 2.27. The summed E-state index contributed by atoms with van der Waals surface area (Å²) in [5.74, 6) is -0.618. The number of halogens is 2. The number of aliphatic imine (C=N–C) groups is 1. The smallest absolute Gasteiger partial charge is 0.345 e. The molecule has 0 radical (unpaired) electrons. The van der Waals surface area contributed by atoms with Crippen molar-refractivity contribution >= 4 is 49.8 Å². The molecule has 0 saturated heterocycles. The van der Waals surface area contributed by atoms with Gasteiger partial charge in [-0.3, -0.25) is 9.78 Å². The maximum absolute atomic E-state index is 12.4. The summed E-state index contributed by atoms with van der Waals surface area (Å²) in [6.07, 6.45) is 0.926. The molecular formula is C22H20Br2N4O4. The van der Waals surface area contributed by atoms with Gasteiger partial charge >= 0.3 is 11.7 Å². The molecule has 3 aromatic rings. The van der Waals surface area contributed by atoms with Crippen molar-refractivity contribution < 1.29 is 9.90 Å². The molecular weight excluding hydrogens is 544 g/mol. The number of aromatic hydroxyl groups is 1. The summed E-state index contributed by atoms with van der Waals surface area (Å²) in [6.45, 7) is 7.45. The highest BCUT2D eigenvalue weighted by atomic mass is 79.9. The molecule has 1 aromatic heterocycles. The van der Waals surface area contributed by atoms with Gasteiger partial charge in [0, 0.05) is 8.95 Å². The van der Waals surface area contributed by atoms with Crippen molar-refractivity contribution in [2.45, 2.75) is 27.7 Å². The minimum absolute atomic E-state index is 0.320. The summed E-state index contributed by atoms with van der Waals surface area (Å²) in [5, 5.41) is 13.3. The van der Waals surface area contributed by atoms with Crippen LogP contribution in [0.5, 0.6) is 5.88 Å². The van der Waals surface area contributed by atoms with Crippen molar-refractivity contribution in [2.75, 3.05) is 5.32 Å². The molecule has 1 heterocycles. The Kier molecular flexibility index (Phi) is 6.85. The first-order valence-corrected chi connectivity index (χ1v) is 11.1. The number of nitrogens with zero attached hydrogens (tertiary/aromatic N) is 2. The summed E-state index contributed by atoms with van der Waals surface area (Å²) < 4.78 is 2.49. The number of amides is 2. The molecule has 0 atom stereocenters. The molecule has 0 aliphatic carbocycles. The van der Waals surface area contributed by atoms with E-state index in [0.29, 0.717) is 21.4 Å². The minimum atomic E-state index is -0.862. The number of aromatic nitrogens is 2. The molecule has 0 aliphatic rings. The van der Waals surface area contributed by atoms with Crippen LogP contribution < -0.4 is 16.6 Å². The zero-order valence-electron chi connectivity index (χ0n) is 17.7. The summed E-state index contributed by atoms with van der Waals surface area (Å²) in [5.41, 5.74) is 2.46. The van der Waals surface area contributed by atoms with Crippen LogP contribution in [0.2, 0.25) is 0 Å². The van der Waals surface area contributed by atoms with Crippen LogP contribution in [-0.4, -0.2) is 26.9 Å². The molecule has 3 rings (SSSR count). The lowest BCUT2D eigenvalue weighted by molar-refractivity contribution is 0.259. The first kappa shape index (κ1) is 23.7. The second-order valence-electron chi connectivity index (χ2n) is 7.32. The van der Waals surface area contributed by atoms with E-state index in [2.05, 4.69) is 47.2 Å². The molecule has 8 nitrogen and oxygen atoms in total. The number of aromatic amines is 1. The highest BCUT2D eigenvalue weighted by molar-refractivity contribution is 9.10. The van der Waals surface area contributed by atoms with Crippen LogP contribution in [0.1, 0.15) is 27.8 Å². The predicted molar refractivity (Wildman–Crippen MR) is 132 cm³/mol. The molecule has 0 fully saturated rings. The SMILES string of the molecule is Cc1cc(Br)c(NC(=O)N=Cc2c(O)n(-c3cc(C)c(Br)cc3C)c(=O)[nH]c2=O)cc1C. The average molecular weight is 564 g/mol. The maximum Gasteiger partial charge on any atom is 0.345 e. The lowest BCUT2D eigenvalue weighted by atomic mass is 10.1. The van der Waals surface area contributed by atoms with Crippen molar-refractivity contribution in [2.24, 2.45) is 4.99 Å². The molecule has 32 heavy (non-hydrogen) atoms. The Labute approximate surface area is 200 Å². The number of rotatable bonds is 3. The van der Waals surface area contributed by atoms with E-state index in [-0.39, 0.29) is 5.56 Å². The van der Waals surface area contributed by atoms with Crippen molar-refractivity contribution in [3.05, 3.63) is 81.9 Å². The number of hydrogen-bond donors (Lipinski definition) is 3. The van der Waals surface area contributed by atoms with E-state index in [9.17, 15) is 19.5 Å². The number of anilines is 1. The van der Waals surface area contributed by atoms with Gasteiger partial charge < -0.3 is 10.4 Å². The topological polar surface area (TPSA) is 117 Å². The largest absolute Gasteiger partial charge is 0.493 e. The molecule has 2 aromatic carbocycles. The van der Waals surface area contributed by atoms with Crippen molar-refractivity contribution in [3.8, 4) is 11.6 Å². The first-order valence-electron chi connectivity index (χ1n) is 9.46. The molecule has 166 valence electrons. The number of nitrogens with one attached hydrogen (secondary N) is 2. The van der Waals surface area contributed by atoms with E-state index in [4.69, 9.17) is 0 Å². The molecule has 0 unspecified atom stereocenters. The molecule has 2 amide bonds. The van der Waals surface area contributed by atoms with E-state index in [0.717, 1.165) is 31.9 Å². The average Bonchev–Trinajstić information content (AvgIpc) is 2.69. The van der Waals surface area contributed by atoms with E-state index < -0.39 is 23.2 Å². The fraction of sp³-hybridized carbons (Fsp3) is 0.182. The zero-order valence-corrected chi connectivity index (χ0v) is 20.9. The normalized spacial score (nSPS) is 11.2. The number of carbonyl (C=O) groups is 1. The van der Waals surface area contributed by atoms with Gasteiger partial charge in [-0.2, -0.15) is 0 Å². The second-order valence-corrected chi connectivity index (χ2v) is 9.03. The maximum atomic E-state index is 12.4. The Bertz CT molecular complexity index is 1390. The summed E-state index contributed by atoms with van der Waals surface area (Å²) >= 11 is 6.81. The minimum Gasteiger partial charge on any atom is -0.493 e. The van der Waals surface area contributed by atoms with Gasteiger partial charge in [-0.1, -0.05) is 15.9 Å². The first-order chi connectivity index (χ1) is 15.0. The second kappa shape index (κ2) is 9.25. The Morgan fingerprint density at radius 1 is 1.00 bits per heavy atom. The fourth-order valence-corrected chi connectivity index (χ4v) is 4.05. The van der Waals surface area contributed by atoms with Crippen LogP contribution in [0.25, 0.3) is 5.69 Å². The van der Waals surface area contributed by atoms with Crippen LogP contribution in [0.3, 0.4) is 0 Å². The Morgan fingerprint density at radius 3 is 2.31 bits per heavy atom. The third-order valence-electron chi connectivity index (χ3n) is 4.97. The van der Waals surface area contributed by atoms with Crippen molar-refractivity contribution in [1.82, 2.24) is 9.55 Å². The molecule has 0 bridgehead atoms. The van der Waals surface area contributed by atoms with Crippen LogP contribution in [0.15, 0.2) is 47.8 Å². The Balaban J connectivity index is 2.00. The molecule has 0 saturated carbocycles. The van der Waals surface area contributed by atoms with Crippen LogP contribution >= 0.6 is 31.9 Å². The van der Waals surface area contributed by atoms with Gasteiger partial charge in [0.25, 0.3) is 5.56 Å². The van der Waals surface area contributed by atoms with Gasteiger partial charge in [0.05, 0.1) is 17.6 Å². The number of benzene rings is 2. The number of aryl methyl sites for hydroxylation is 4. The number of carbonyl (C=O) groups excluding carboxylic acids is 1. The molecule has 0 spiro atoms. The van der Waals surface area contributed by atoms with Gasteiger partial charge in [0.1, 0.15) is 5.56 Å². The Hall–Kier alpha value is -2.98. The van der Waals surface area contributed by atoms with Crippen LogP contribution in [0.4, 0.5) is 10.5 Å². The molecule has 3 N–H and O–H groups in total. The number of hydrogen-bond acceptors (Lipinski definition) is 4.